The van der Waals surface area contributed by atoms with Crippen LogP contribution in [0.3, 0.4) is 0 Å². The van der Waals surface area contributed by atoms with Gasteiger partial charge in [0.1, 0.15) is 11.4 Å². The highest BCUT2D eigenvalue weighted by Gasteiger charge is 2.27. The fraction of sp³-hybridized carbons (Fsp3) is 0.342. The molecule has 0 spiro atoms. The third-order valence-corrected chi connectivity index (χ3v) is 10.9. The molecule has 0 unspecified atom stereocenters. The van der Waals surface area contributed by atoms with Crippen LogP contribution in [0.2, 0.25) is 5.02 Å². The van der Waals surface area contributed by atoms with Gasteiger partial charge in [0.25, 0.3) is 5.91 Å². The number of benzene rings is 4. The number of amides is 1. The van der Waals surface area contributed by atoms with E-state index < -0.39 is 0 Å². The predicted octanol–water partition coefficient (Wildman–Crippen LogP) is 9.53. The highest BCUT2D eigenvalue weighted by atomic mass is 35.5. The van der Waals surface area contributed by atoms with Crippen molar-refractivity contribution in [1.29, 1.82) is 0 Å². The number of rotatable bonds is 12. The number of fused-ring (bicyclic) bond motifs is 3. The van der Waals surface area contributed by atoms with E-state index in [4.69, 9.17) is 21.1 Å². The number of carbonyl (C=O) groups is 1. The molecule has 0 saturated carbocycles. The van der Waals surface area contributed by atoms with Crippen LogP contribution in [0.25, 0.3) is 20.9 Å². The summed E-state index contributed by atoms with van der Waals surface area (Å²) in [6, 6.07) is 25.6. The van der Waals surface area contributed by atoms with Crippen molar-refractivity contribution in [2.24, 2.45) is 0 Å². The molecular formula is C38H42ClN2O3S+. The first-order chi connectivity index (χ1) is 21.8. The lowest BCUT2D eigenvalue weighted by molar-refractivity contribution is -0.938. The van der Waals surface area contributed by atoms with Crippen LogP contribution in [-0.2, 0) is 13.1 Å². The Morgan fingerprint density at radius 2 is 1.58 bits per heavy atom. The molecule has 0 N–H and O–H groups in total. The molecule has 0 atom stereocenters. The highest BCUT2D eigenvalue weighted by molar-refractivity contribution is 7.21. The quantitative estimate of drug-likeness (QED) is 0.101. The van der Waals surface area contributed by atoms with Gasteiger partial charge < -0.3 is 18.9 Å². The number of carbonyl (C=O) groups excluding carboxylic acids is 1. The smallest absolute Gasteiger partial charge is 0.265 e. The molecule has 4 aromatic carbocycles. The van der Waals surface area contributed by atoms with Crippen LogP contribution in [-0.4, -0.2) is 48.3 Å². The third kappa shape index (κ3) is 6.84. The summed E-state index contributed by atoms with van der Waals surface area (Å²) in [6.45, 7) is 14.6. The van der Waals surface area contributed by atoms with Gasteiger partial charge >= 0.3 is 0 Å². The Labute approximate surface area is 275 Å². The van der Waals surface area contributed by atoms with Gasteiger partial charge in [0.2, 0.25) is 6.79 Å². The van der Waals surface area contributed by atoms with Crippen molar-refractivity contribution >= 4 is 49.7 Å². The van der Waals surface area contributed by atoms with Gasteiger partial charge in [0.15, 0.2) is 11.5 Å². The van der Waals surface area contributed by atoms with Crippen molar-refractivity contribution in [3.05, 3.63) is 105 Å². The third-order valence-electron chi connectivity index (χ3n) is 9.24. The van der Waals surface area contributed by atoms with Crippen LogP contribution >= 0.6 is 22.9 Å². The fourth-order valence-corrected chi connectivity index (χ4v) is 8.17. The van der Waals surface area contributed by atoms with Crippen LogP contribution in [0.4, 0.5) is 0 Å². The number of hydrogen-bond acceptors (Lipinski definition) is 4. The zero-order valence-electron chi connectivity index (χ0n) is 26.7. The first-order valence-electron chi connectivity index (χ1n) is 16.0. The van der Waals surface area contributed by atoms with Crippen LogP contribution in [0, 0.1) is 13.8 Å². The second-order valence-electron chi connectivity index (χ2n) is 12.4. The SMILES string of the molecule is CC[N+](CC)(CCCCN(Cc1ccc2ccccc2c1)C(=O)c1sc2cc3c(cc2c1Cl)OCO3)Cc1cc(C)cc(C)c1. The Bertz CT molecular complexity index is 1820. The molecule has 0 bridgehead atoms. The van der Waals surface area contributed by atoms with Gasteiger partial charge in [-0.25, -0.2) is 0 Å². The number of aryl methyl sites for hydroxylation is 2. The maximum Gasteiger partial charge on any atom is 0.265 e. The summed E-state index contributed by atoms with van der Waals surface area (Å²) in [6.07, 6.45) is 1.96. The minimum absolute atomic E-state index is 0.0293. The van der Waals surface area contributed by atoms with Gasteiger partial charge in [-0.3, -0.25) is 4.79 Å². The van der Waals surface area contributed by atoms with E-state index >= 15 is 0 Å². The molecule has 2 heterocycles. The molecule has 1 aliphatic heterocycles. The average Bonchev–Trinajstić information content (AvgIpc) is 3.63. The van der Waals surface area contributed by atoms with E-state index in [1.807, 2.05) is 17.0 Å². The molecule has 0 aliphatic carbocycles. The van der Waals surface area contributed by atoms with Gasteiger partial charge in [0, 0.05) is 34.8 Å². The molecule has 234 valence electrons. The van der Waals surface area contributed by atoms with E-state index in [0.717, 1.165) is 59.2 Å². The van der Waals surface area contributed by atoms with Crippen molar-refractivity contribution in [2.45, 2.75) is 53.6 Å². The number of ether oxygens (including phenoxy) is 2. The lowest BCUT2D eigenvalue weighted by Crippen LogP contribution is -2.47. The number of unbranched alkanes of at least 4 members (excludes halogenated alkanes) is 1. The number of hydrogen-bond donors (Lipinski definition) is 0. The molecule has 5 aromatic rings. The van der Waals surface area contributed by atoms with Crippen LogP contribution in [0.5, 0.6) is 11.5 Å². The highest BCUT2D eigenvalue weighted by Crippen LogP contribution is 2.44. The molecule has 5 nitrogen and oxygen atoms in total. The normalized spacial score (nSPS) is 12.7. The first kappa shape index (κ1) is 31.4. The van der Waals surface area contributed by atoms with Crippen LogP contribution in [0.1, 0.15) is 58.6 Å². The van der Waals surface area contributed by atoms with Crippen molar-refractivity contribution in [2.75, 3.05) is 33.0 Å². The minimum Gasteiger partial charge on any atom is -0.454 e. The average molecular weight is 642 g/mol. The summed E-state index contributed by atoms with van der Waals surface area (Å²) in [7, 11) is 0. The molecule has 1 aliphatic rings. The molecular weight excluding hydrogens is 600 g/mol. The number of thiophene rings is 1. The number of halogens is 1. The Kier molecular flexibility index (Phi) is 9.36. The van der Waals surface area contributed by atoms with Crippen LogP contribution in [0.15, 0.2) is 72.8 Å². The summed E-state index contributed by atoms with van der Waals surface area (Å²) in [5.74, 6) is 1.34. The van der Waals surface area contributed by atoms with Gasteiger partial charge in [-0.05, 0) is 69.0 Å². The molecule has 1 amide bonds. The van der Waals surface area contributed by atoms with E-state index in [1.165, 1.54) is 38.8 Å². The number of nitrogens with zero attached hydrogens (tertiary/aromatic N) is 2. The van der Waals surface area contributed by atoms with Gasteiger partial charge in [-0.1, -0.05) is 77.3 Å². The van der Waals surface area contributed by atoms with E-state index in [-0.39, 0.29) is 12.7 Å². The van der Waals surface area contributed by atoms with Crippen molar-refractivity contribution < 1.29 is 18.8 Å². The molecule has 45 heavy (non-hydrogen) atoms. The summed E-state index contributed by atoms with van der Waals surface area (Å²) in [4.78, 5) is 16.8. The Morgan fingerprint density at radius 3 is 2.31 bits per heavy atom. The molecule has 0 saturated heterocycles. The first-order valence-corrected chi connectivity index (χ1v) is 17.2. The lowest BCUT2D eigenvalue weighted by Gasteiger charge is -2.37. The summed E-state index contributed by atoms with van der Waals surface area (Å²) >= 11 is 8.33. The van der Waals surface area contributed by atoms with Crippen molar-refractivity contribution in [1.82, 2.24) is 4.90 Å². The van der Waals surface area contributed by atoms with Gasteiger partial charge in [-0.15, -0.1) is 11.3 Å². The predicted molar refractivity (Wildman–Crippen MR) is 187 cm³/mol. The zero-order chi connectivity index (χ0) is 31.6. The second-order valence-corrected chi connectivity index (χ2v) is 13.8. The Morgan fingerprint density at radius 1 is 0.867 bits per heavy atom. The van der Waals surface area contributed by atoms with Gasteiger partial charge in [-0.2, -0.15) is 0 Å². The van der Waals surface area contributed by atoms with Gasteiger partial charge in [0.05, 0.1) is 24.7 Å². The number of quaternary nitrogens is 1. The summed E-state index contributed by atoms with van der Waals surface area (Å²) in [5.41, 5.74) is 5.16. The zero-order valence-corrected chi connectivity index (χ0v) is 28.3. The largest absolute Gasteiger partial charge is 0.454 e. The van der Waals surface area contributed by atoms with E-state index in [9.17, 15) is 4.79 Å². The second kappa shape index (κ2) is 13.4. The summed E-state index contributed by atoms with van der Waals surface area (Å²) in [5, 5.41) is 3.69. The molecule has 7 heteroatoms. The fourth-order valence-electron chi connectivity index (χ4n) is 6.69. The van der Waals surface area contributed by atoms with Crippen molar-refractivity contribution in [3.63, 3.8) is 0 Å². The maximum atomic E-state index is 14.3. The molecule has 0 radical (unpaired) electrons. The van der Waals surface area contributed by atoms with Crippen molar-refractivity contribution in [3.8, 4) is 11.5 Å². The van der Waals surface area contributed by atoms with E-state index in [2.05, 4.69) is 88.4 Å². The maximum absolute atomic E-state index is 14.3. The summed E-state index contributed by atoms with van der Waals surface area (Å²) < 4.78 is 13.1. The topological polar surface area (TPSA) is 38.8 Å². The lowest BCUT2D eigenvalue weighted by atomic mass is 10.1. The standard InChI is InChI=1S/C38H42ClN2O3S/c1-5-41(6-2,24-29-18-26(3)17-27(4)19-29)16-10-9-15-40(23-28-13-14-30-11-7-8-12-31(30)20-28)38(42)37-36(39)32-21-33-34(44-25-43-33)22-35(32)45-37/h7-8,11-14,17-22H,5-6,9-10,15-16,23-25H2,1-4H3/q+1. The van der Waals surface area contributed by atoms with E-state index in [1.54, 1.807) is 0 Å². The molecule has 0 fully saturated rings. The monoisotopic (exact) mass is 641 g/mol. The molecule has 1 aromatic heterocycles. The molecule has 6 rings (SSSR count). The van der Waals surface area contributed by atoms with Crippen LogP contribution < -0.4 is 9.47 Å². The Hall–Kier alpha value is -3.58. The van der Waals surface area contributed by atoms with E-state index in [0.29, 0.717) is 34.5 Å². The minimum atomic E-state index is -0.0293. The Balaban J connectivity index is 1.22.